The molecule has 0 unspecified atom stereocenters. The fourth-order valence-corrected chi connectivity index (χ4v) is 2.28. The highest BCUT2D eigenvalue weighted by Crippen LogP contribution is 2.56. The van der Waals surface area contributed by atoms with Gasteiger partial charge in [-0.15, -0.1) is 6.58 Å². The fraction of sp³-hybridized carbons (Fsp3) is 0.778. The number of halogens is 1. The number of alkyl halides is 1. The highest BCUT2D eigenvalue weighted by molar-refractivity contribution is 9.09. The monoisotopic (exact) mass is 218 g/mol. The lowest BCUT2D eigenvalue weighted by Crippen LogP contribution is -2.00. The normalized spacial score (nSPS) is 33.4. The molecule has 0 aromatic heterocycles. The van der Waals surface area contributed by atoms with Crippen LogP contribution in [0.25, 0.3) is 0 Å². The third-order valence-corrected chi connectivity index (χ3v) is 4.26. The number of rotatable bonds is 4. The topological polar surface area (TPSA) is 9.23 Å². The van der Waals surface area contributed by atoms with Crippen molar-refractivity contribution >= 4 is 15.9 Å². The van der Waals surface area contributed by atoms with E-state index >= 15 is 0 Å². The predicted octanol–water partition coefficient (Wildman–Crippen LogP) is 2.61. The maximum absolute atomic E-state index is 5.36. The molecule has 0 spiro atoms. The summed E-state index contributed by atoms with van der Waals surface area (Å²) >= 11 is 3.62. The van der Waals surface area contributed by atoms with E-state index in [1.807, 2.05) is 0 Å². The van der Waals surface area contributed by atoms with Crippen LogP contribution in [-0.4, -0.2) is 18.0 Å². The molecule has 2 heteroatoms. The average molecular weight is 219 g/mol. The Morgan fingerprint density at radius 2 is 2.18 bits per heavy atom. The van der Waals surface area contributed by atoms with E-state index in [1.165, 1.54) is 0 Å². The van der Waals surface area contributed by atoms with Gasteiger partial charge in [-0.1, -0.05) is 35.9 Å². The lowest BCUT2D eigenvalue weighted by atomic mass is 10.1. The van der Waals surface area contributed by atoms with Gasteiger partial charge in [0.15, 0.2) is 0 Å². The second-order valence-electron chi connectivity index (χ2n) is 3.66. The van der Waals surface area contributed by atoms with Gasteiger partial charge in [0.05, 0.1) is 13.2 Å². The van der Waals surface area contributed by atoms with Crippen molar-refractivity contribution in [1.82, 2.24) is 0 Å². The smallest absolute Gasteiger partial charge is 0.0644 e. The van der Waals surface area contributed by atoms with Gasteiger partial charge in [-0.2, -0.15) is 0 Å². The second-order valence-corrected chi connectivity index (χ2v) is 4.64. The van der Waals surface area contributed by atoms with Crippen LogP contribution < -0.4 is 0 Å². The van der Waals surface area contributed by atoms with E-state index < -0.39 is 0 Å². The molecule has 11 heavy (non-hydrogen) atoms. The van der Waals surface area contributed by atoms with E-state index in [-0.39, 0.29) is 0 Å². The van der Waals surface area contributed by atoms with Crippen LogP contribution in [0.3, 0.4) is 0 Å². The molecule has 0 saturated heterocycles. The maximum Gasteiger partial charge on any atom is 0.0644 e. The molecule has 1 saturated carbocycles. The van der Waals surface area contributed by atoms with Crippen molar-refractivity contribution in [3.8, 4) is 0 Å². The number of hydrogen-bond acceptors (Lipinski definition) is 1. The first-order valence-corrected chi connectivity index (χ1v) is 4.85. The zero-order valence-electron chi connectivity index (χ0n) is 7.14. The Hall–Kier alpha value is 0.180. The third kappa shape index (κ3) is 1.85. The first-order valence-electron chi connectivity index (χ1n) is 3.93. The Morgan fingerprint density at radius 3 is 2.55 bits per heavy atom. The van der Waals surface area contributed by atoms with Crippen LogP contribution >= 0.6 is 15.9 Å². The fourth-order valence-electron chi connectivity index (χ4n) is 1.25. The molecule has 0 aromatic rings. The predicted molar refractivity (Wildman–Crippen MR) is 51.0 cm³/mol. The largest absolute Gasteiger partial charge is 0.377 e. The quantitative estimate of drug-likeness (QED) is 0.401. The SMILES string of the molecule is C=CCOC[C@H]1[C@H](Br)C1(C)C. The molecule has 0 N–H and O–H groups in total. The van der Waals surface area contributed by atoms with Gasteiger partial charge in [0, 0.05) is 10.7 Å². The molecular weight excluding hydrogens is 204 g/mol. The molecule has 1 rings (SSSR count). The number of ether oxygens (including phenoxy) is 1. The van der Waals surface area contributed by atoms with Crippen LogP contribution in [0.1, 0.15) is 13.8 Å². The van der Waals surface area contributed by atoms with E-state index in [1.54, 1.807) is 6.08 Å². The van der Waals surface area contributed by atoms with Crippen LogP contribution in [0.4, 0.5) is 0 Å². The molecule has 2 atom stereocenters. The lowest BCUT2D eigenvalue weighted by molar-refractivity contribution is 0.142. The van der Waals surface area contributed by atoms with E-state index in [0.29, 0.717) is 22.8 Å². The minimum absolute atomic E-state index is 0.432. The van der Waals surface area contributed by atoms with Crippen molar-refractivity contribution in [2.24, 2.45) is 11.3 Å². The molecule has 0 radical (unpaired) electrons. The molecule has 1 nitrogen and oxygen atoms in total. The van der Waals surface area contributed by atoms with Gasteiger partial charge in [0.2, 0.25) is 0 Å². The van der Waals surface area contributed by atoms with Crippen molar-refractivity contribution in [2.45, 2.75) is 18.7 Å². The van der Waals surface area contributed by atoms with Crippen molar-refractivity contribution in [2.75, 3.05) is 13.2 Å². The number of hydrogen-bond donors (Lipinski definition) is 0. The van der Waals surface area contributed by atoms with Crippen LogP contribution in [-0.2, 0) is 4.74 Å². The van der Waals surface area contributed by atoms with Gasteiger partial charge in [0.1, 0.15) is 0 Å². The summed E-state index contributed by atoms with van der Waals surface area (Å²) in [6.07, 6.45) is 1.79. The minimum atomic E-state index is 0.432. The van der Waals surface area contributed by atoms with Gasteiger partial charge in [-0.3, -0.25) is 0 Å². The highest BCUT2D eigenvalue weighted by atomic mass is 79.9. The molecule has 0 aromatic carbocycles. The maximum atomic E-state index is 5.36. The van der Waals surface area contributed by atoms with E-state index in [9.17, 15) is 0 Å². The minimum Gasteiger partial charge on any atom is -0.377 e. The van der Waals surface area contributed by atoms with Crippen LogP contribution in [0.2, 0.25) is 0 Å². The van der Waals surface area contributed by atoms with E-state index in [4.69, 9.17) is 4.74 Å². The Kier molecular flexibility index (Phi) is 2.76. The molecule has 0 aliphatic heterocycles. The zero-order chi connectivity index (χ0) is 8.48. The summed E-state index contributed by atoms with van der Waals surface area (Å²) in [5.74, 6) is 0.683. The second kappa shape index (κ2) is 3.28. The van der Waals surface area contributed by atoms with Crippen molar-refractivity contribution in [3.63, 3.8) is 0 Å². The molecule has 0 bridgehead atoms. The summed E-state index contributed by atoms with van der Waals surface area (Å²) in [4.78, 5) is 0.639. The summed E-state index contributed by atoms with van der Waals surface area (Å²) in [6, 6.07) is 0. The van der Waals surface area contributed by atoms with Crippen molar-refractivity contribution < 1.29 is 4.74 Å². The van der Waals surface area contributed by atoms with E-state index in [0.717, 1.165) is 6.61 Å². The molecule has 1 fully saturated rings. The van der Waals surface area contributed by atoms with Gasteiger partial charge in [0.25, 0.3) is 0 Å². The Bertz CT molecular complexity index is 154. The molecule has 1 aliphatic carbocycles. The van der Waals surface area contributed by atoms with Crippen LogP contribution in [0.15, 0.2) is 12.7 Å². The summed E-state index contributed by atoms with van der Waals surface area (Å²) in [6.45, 7) is 9.64. The Morgan fingerprint density at radius 1 is 1.64 bits per heavy atom. The zero-order valence-corrected chi connectivity index (χ0v) is 8.73. The van der Waals surface area contributed by atoms with Gasteiger partial charge < -0.3 is 4.74 Å². The molecule has 0 heterocycles. The van der Waals surface area contributed by atoms with Crippen molar-refractivity contribution in [1.29, 1.82) is 0 Å². The molecule has 1 aliphatic rings. The standard InChI is InChI=1S/C9H15BrO/c1-4-5-11-6-7-8(10)9(7,2)3/h4,7-8H,1,5-6H2,2-3H3/t7-,8-/m0/s1. The van der Waals surface area contributed by atoms with Crippen LogP contribution in [0, 0.1) is 11.3 Å². The summed E-state index contributed by atoms with van der Waals surface area (Å²) < 4.78 is 5.36. The van der Waals surface area contributed by atoms with Gasteiger partial charge in [-0.05, 0) is 5.41 Å². The highest BCUT2D eigenvalue weighted by Gasteiger charge is 2.56. The molecule has 0 amide bonds. The van der Waals surface area contributed by atoms with Gasteiger partial charge in [-0.25, -0.2) is 0 Å². The Balaban J connectivity index is 2.16. The Labute approximate surface area is 76.9 Å². The van der Waals surface area contributed by atoms with Crippen molar-refractivity contribution in [3.05, 3.63) is 12.7 Å². The summed E-state index contributed by atoms with van der Waals surface area (Å²) in [7, 11) is 0. The van der Waals surface area contributed by atoms with Gasteiger partial charge >= 0.3 is 0 Å². The molecular formula is C9H15BrO. The molecule has 64 valence electrons. The van der Waals surface area contributed by atoms with E-state index in [2.05, 4.69) is 36.4 Å². The first-order chi connectivity index (χ1) is 5.10. The summed E-state index contributed by atoms with van der Waals surface area (Å²) in [5.41, 5.74) is 0.432. The third-order valence-electron chi connectivity index (χ3n) is 2.44. The first kappa shape index (κ1) is 9.27. The average Bonchev–Trinajstić information content (AvgIpc) is 2.39. The lowest BCUT2D eigenvalue weighted by Gasteiger charge is -2.01. The summed E-state index contributed by atoms with van der Waals surface area (Å²) in [5, 5.41) is 0. The van der Waals surface area contributed by atoms with Crippen LogP contribution in [0.5, 0.6) is 0 Å².